The largest absolute Gasteiger partial charge is 0.324 e. The van der Waals surface area contributed by atoms with Gasteiger partial charge in [-0.1, -0.05) is 35.6 Å². The van der Waals surface area contributed by atoms with Crippen molar-refractivity contribution in [3.8, 4) is 0 Å². The number of benzene rings is 3. The van der Waals surface area contributed by atoms with Crippen molar-refractivity contribution in [2.75, 3.05) is 16.2 Å². The lowest BCUT2D eigenvalue weighted by molar-refractivity contribution is -0.114. The first-order valence-corrected chi connectivity index (χ1v) is 12.5. The number of carbonyl (C=O) groups excluding carboxylic acids is 1. The van der Waals surface area contributed by atoms with E-state index in [1.54, 1.807) is 60.1 Å². The summed E-state index contributed by atoms with van der Waals surface area (Å²) < 4.78 is 30.3. The summed E-state index contributed by atoms with van der Waals surface area (Å²) in [7, 11) is -2.29. The van der Waals surface area contributed by atoms with Crippen molar-refractivity contribution in [2.24, 2.45) is 7.05 Å². The van der Waals surface area contributed by atoms with Gasteiger partial charge in [0.2, 0.25) is 5.91 Å². The number of aromatic nitrogens is 1. The standard InChI is InChI=1S/C24H23N3O4S2/c1-16-11-17(2)13-19(12-16)27(33(30,31)20-7-5-4-6-8-20)15-23(28)25-18-9-10-21-22(14-18)32-24(29)26(21)3/h4-14H,15H2,1-3H3,(H,25,28). The van der Waals surface area contributed by atoms with Crippen molar-refractivity contribution < 1.29 is 13.2 Å². The second-order valence-corrected chi connectivity index (χ2v) is 10.7. The van der Waals surface area contributed by atoms with Crippen LogP contribution < -0.4 is 14.5 Å². The van der Waals surface area contributed by atoms with Crippen LogP contribution in [0.15, 0.2) is 76.4 Å². The summed E-state index contributed by atoms with van der Waals surface area (Å²) in [6.07, 6.45) is 0. The summed E-state index contributed by atoms with van der Waals surface area (Å²) in [6.45, 7) is 3.36. The van der Waals surface area contributed by atoms with E-state index in [4.69, 9.17) is 0 Å². The molecule has 0 aliphatic heterocycles. The quantitative estimate of drug-likeness (QED) is 0.450. The van der Waals surface area contributed by atoms with E-state index < -0.39 is 22.5 Å². The lowest BCUT2D eigenvalue weighted by Gasteiger charge is -2.25. The number of fused-ring (bicyclic) bond motifs is 1. The molecular formula is C24H23N3O4S2. The minimum absolute atomic E-state index is 0.0941. The second kappa shape index (κ2) is 8.84. The highest BCUT2D eigenvalue weighted by molar-refractivity contribution is 7.92. The molecule has 0 unspecified atom stereocenters. The molecule has 0 aliphatic carbocycles. The number of anilines is 2. The average Bonchev–Trinajstić information content (AvgIpc) is 3.04. The Hall–Kier alpha value is -3.43. The van der Waals surface area contributed by atoms with E-state index in [1.807, 2.05) is 19.9 Å². The number of nitrogens with zero attached hydrogens (tertiary/aromatic N) is 2. The summed E-state index contributed by atoms with van der Waals surface area (Å²) >= 11 is 1.09. The number of amides is 1. The molecule has 0 atom stereocenters. The summed E-state index contributed by atoms with van der Waals surface area (Å²) in [5.74, 6) is -0.490. The molecule has 0 radical (unpaired) electrons. The van der Waals surface area contributed by atoms with E-state index in [2.05, 4.69) is 5.32 Å². The van der Waals surface area contributed by atoms with Crippen LogP contribution in [-0.2, 0) is 21.9 Å². The fourth-order valence-corrected chi connectivity index (χ4v) is 6.02. The molecule has 1 aromatic heterocycles. The van der Waals surface area contributed by atoms with Crippen LogP contribution in [0.5, 0.6) is 0 Å². The first-order chi connectivity index (χ1) is 15.6. The smallest absolute Gasteiger partial charge is 0.307 e. The third kappa shape index (κ3) is 4.69. The maximum absolute atomic E-state index is 13.5. The lowest BCUT2D eigenvalue weighted by atomic mass is 10.1. The van der Waals surface area contributed by atoms with Crippen molar-refractivity contribution in [1.29, 1.82) is 0 Å². The maximum Gasteiger partial charge on any atom is 0.307 e. The number of thiazole rings is 1. The van der Waals surface area contributed by atoms with Gasteiger partial charge in [0.1, 0.15) is 6.54 Å². The number of sulfonamides is 1. The molecule has 0 aliphatic rings. The summed E-state index contributed by atoms with van der Waals surface area (Å²) in [5.41, 5.74) is 3.47. The van der Waals surface area contributed by atoms with Crippen LogP contribution in [0.1, 0.15) is 11.1 Å². The Morgan fingerprint density at radius 2 is 1.67 bits per heavy atom. The zero-order valence-electron chi connectivity index (χ0n) is 18.4. The van der Waals surface area contributed by atoms with Crippen LogP contribution in [0, 0.1) is 13.8 Å². The Labute approximate surface area is 196 Å². The number of hydrogen-bond acceptors (Lipinski definition) is 5. The van der Waals surface area contributed by atoms with E-state index in [9.17, 15) is 18.0 Å². The molecule has 7 nitrogen and oxygen atoms in total. The van der Waals surface area contributed by atoms with Gasteiger partial charge in [0, 0.05) is 12.7 Å². The Morgan fingerprint density at radius 1 is 1.00 bits per heavy atom. The molecule has 9 heteroatoms. The zero-order valence-corrected chi connectivity index (χ0v) is 20.0. The van der Waals surface area contributed by atoms with Crippen LogP contribution in [0.3, 0.4) is 0 Å². The third-order valence-electron chi connectivity index (χ3n) is 5.19. The molecule has 0 fully saturated rings. The average molecular weight is 482 g/mol. The zero-order chi connectivity index (χ0) is 23.8. The Morgan fingerprint density at radius 3 is 2.33 bits per heavy atom. The van der Waals surface area contributed by atoms with Crippen molar-refractivity contribution in [3.63, 3.8) is 0 Å². The lowest BCUT2D eigenvalue weighted by Crippen LogP contribution is -2.38. The van der Waals surface area contributed by atoms with E-state index >= 15 is 0 Å². The topological polar surface area (TPSA) is 88.5 Å². The molecule has 1 heterocycles. The minimum Gasteiger partial charge on any atom is -0.324 e. The summed E-state index contributed by atoms with van der Waals surface area (Å²) in [6, 6.07) is 18.6. The molecule has 170 valence electrons. The van der Waals surface area contributed by atoms with Gasteiger partial charge in [-0.15, -0.1) is 0 Å². The van der Waals surface area contributed by atoms with Crippen LogP contribution in [0.25, 0.3) is 10.2 Å². The van der Waals surface area contributed by atoms with Crippen LogP contribution >= 0.6 is 11.3 Å². The Kier molecular flexibility index (Phi) is 6.09. The third-order valence-corrected chi connectivity index (χ3v) is 7.97. The SMILES string of the molecule is Cc1cc(C)cc(N(CC(=O)Nc2ccc3c(c2)sc(=O)n3C)S(=O)(=O)c2ccccc2)c1. The molecule has 4 aromatic rings. The van der Waals surface area contributed by atoms with E-state index in [0.29, 0.717) is 11.4 Å². The predicted molar refractivity (Wildman–Crippen MR) is 133 cm³/mol. The van der Waals surface area contributed by atoms with E-state index in [0.717, 1.165) is 37.0 Å². The van der Waals surface area contributed by atoms with Gasteiger partial charge in [-0.3, -0.25) is 13.9 Å². The number of carbonyl (C=O) groups is 1. The molecule has 0 saturated carbocycles. The molecule has 3 aromatic carbocycles. The normalized spacial score (nSPS) is 11.5. The summed E-state index contributed by atoms with van der Waals surface area (Å²) in [5, 5.41) is 2.77. The first kappa shape index (κ1) is 22.8. The molecule has 4 rings (SSSR count). The molecule has 1 amide bonds. The fourth-order valence-electron chi connectivity index (χ4n) is 3.67. The highest BCUT2D eigenvalue weighted by Gasteiger charge is 2.27. The van der Waals surface area contributed by atoms with Gasteiger partial charge >= 0.3 is 4.87 Å². The van der Waals surface area contributed by atoms with Crippen molar-refractivity contribution in [3.05, 3.63) is 87.5 Å². The number of aryl methyl sites for hydroxylation is 3. The van der Waals surface area contributed by atoms with Crippen molar-refractivity contribution in [1.82, 2.24) is 4.57 Å². The van der Waals surface area contributed by atoms with Crippen LogP contribution in [0.4, 0.5) is 11.4 Å². The highest BCUT2D eigenvalue weighted by Crippen LogP contribution is 2.26. The first-order valence-electron chi connectivity index (χ1n) is 10.2. The molecule has 1 N–H and O–H groups in total. The fraction of sp³-hybridized carbons (Fsp3) is 0.167. The second-order valence-electron chi connectivity index (χ2n) is 7.83. The molecule has 0 saturated heterocycles. The van der Waals surface area contributed by atoms with E-state index in [1.165, 1.54) is 12.1 Å². The molecular weight excluding hydrogens is 458 g/mol. The maximum atomic E-state index is 13.5. The molecule has 0 spiro atoms. The van der Waals surface area contributed by atoms with Gasteiger partial charge in [0.05, 0.1) is 20.8 Å². The van der Waals surface area contributed by atoms with Gasteiger partial charge in [-0.05, 0) is 67.4 Å². The van der Waals surface area contributed by atoms with Gasteiger partial charge in [-0.25, -0.2) is 8.42 Å². The van der Waals surface area contributed by atoms with Crippen molar-refractivity contribution in [2.45, 2.75) is 18.7 Å². The van der Waals surface area contributed by atoms with E-state index in [-0.39, 0.29) is 9.77 Å². The molecule has 33 heavy (non-hydrogen) atoms. The predicted octanol–water partition coefficient (Wildman–Crippen LogP) is 4.05. The minimum atomic E-state index is -3.98. The number of rotatable bonds is 6. The van der Waals surface area contributed by atoms with Gasteiger partial charge < -0.3 is 9.88 Å². The van der Waals surface area contributed by atoms with Crippen LogP contribution in [0.2, 0.25) is 0 Å². The van der Waals surface area contributed by atoms with Gasteiger partial charge in [-0.2, -0.15) is 0 Å². The Balaban J connectivity index is 1.67. The Bertz CT molecular complexity index is 1490. The number of nitrogens with one attached hydrogen (secondary N) is 1. The van der Waals surface area contributed by atoms with Crippen molar-refractivity contribution >= 4 is 48.9 Å². The monoisotopic (exact) mass is 481 g/mol. The molecule has 0 bridgehead atoms. The highest BCUT2D eigenvalue weighted by atomic mass is 32.2. The van der Waals surface area contributed by atoms with Gasteiger partial charge in [0.15, 0.2) is 0 Å². The number of hydrogen-bond donors (Lipinski definition) is 1. The van der Waals surface area contributed by atoms with Crippen LogP contribution in [-0.4, -0.2) is 25.4 Å². The van der Waals surface area contributed by atoms with Gasteiger partial charge in [0.25, 0.3) is 10.0 Å². The summed E-state index contributed by atoms with van der Waals surface area (Å²) in [4.78, 5) is 24.9.